The Bertz CT molecular complexity index is 347. The van der Waals surface area contributed by atoms with E-state index in [-0.39, 0.29) is 36.5 Å². The predicted octanol–water partition coefficient (Wildman–Crippen LogP) is -0.551. The number of carbonyl (C=O) groups is 2. The number of nitrogens with one attached hydrogen (secondary N) is 3. The van der Waals surface area contributed by atoms with E-state index in [1.165, 1.54) is 6.20 Å². The zero-order valence-electron chi connectivity index (χ0n) is 9.28. The number of amides is 2. The van der Waals surface area contributed by atoms with Crippen LogP contribution in [0.2, 0.25) is 0 Å². The number of aromatic amines is 1. The van der Waals surface area contributed by atoms with Gasteiger partial charge in [0.2, 0.25) is 5.91 Å². The Morgan fingerprint density at radius 2 is 2.25 bits per heavy atom. The summed E-state index contributed by atoms with van der Waals surface area (Å²) in [7, 11) is 0. The normalized spacial score (nSPS) is 10.2. The molecule has 1 heterocycles. The number of hydrogen-bond donors (Lipinski definition) is 3. The van der Waals surface area contributed by atoms with Crippen molar-refractivity contribution < 1.29 is 9.59 Å². The van der Waals surface area contributed by atoms with E-state index >= 15 is 0 Å². The molecule has 1 rings (SSSR count). The van der Waals surface area contributed by atoms with Crippen LogP contribution in [-0.2, 0) is 4.79 Å². The lowest BCUT2D eigenvalue weighted by Gasteiger charge is -2.08. The molecule has 3 N–H and O–H groups in total. The second-order valence-corrected chi connectivity index (χ2v) is 3.58. The first kappa shape index (κ1) is 12.2. The van der Waals surface area contributed by atoms with E-state index in [0.29, 0.717) is 0 Å². The second kappa shape index (κ2) is 5.84. The van der Waals surface area contributed by atoms with Crippen molar-refractivity contribution in [3.8, 4) is 0 Å². The quantitative estimate of drug-likeness (QED) is 0.626. The minimum Gasteiger partial charge on any atom is -0.354 e. The molecule has 7 heteroatoms. The molecule has 2 amide bonds. The van der Waals surface area contributed by atoms with Crippen LogP contribution in [0.15, 0.2) is 6.20 Å². The minimum absolute atomic E-state index is 0.0875. The number of aromatic nitrogens is 3. The lowest BCUT2D eigenvalue weighted by Crippen LogP contribution is -2.34. The van der Waals surface area contributed by atoms with Crippen molar-refractivity contribution in [3.63, 3.8) is 0 Å². The molecule has 0 aliphatic rings. The van der Waals surface area contributed by atoms with Crippen molar-refractivity contribution >= 4 is 11.8 Å². The van der Waals surface area contributed by atoms with Crippen molar-refractivity contribution in [1.29, 1.82) is 0 Å². The first-order chi connectivity index (χ1) is 7.59. The molecule has 0 saturated heterocycles. The maximum absolute atomic E-state index is 11.3. The molecule has 0 bridgehead atoms. The molecule has 0 aliphatic carbocycles. The van der Waals surface area contributed by atoms with Gasteiger partial charge in [-0.2, -0.15) is 15.4 Å². The van der Waals surface area contributed by atoms with Crippen LogP contribution in [0.25, 0.3) is 0 Å². The smallest absolute Gasteiger partial charge is 0.273 e. The molecule has 0 fully saturated rings. The van der Waals surface area contributed by atoms with Crippen LogP contribution in [0.1, 0.15) is 30.8 Å². The molecule has 0 unspecified atom stereocenters. The molecular formula is C9H15N5O2. The van der Waals surface area contributed by atoms with Gasteiger partial charge in [0.15, 0.2) is 5.69 Å². The van der Waals surface area contributed by atoms with Gasteiger partial charge in [0.25, 0.3) is 5.91 Å². The second-order valence-electron chi connectivity index (χ2n) is 3.58. The SMILES string of the molecule is CC(C)NC(=O)CCNC(=O)c1cn[nH]n1. The fraction of sp³-hybridized carbons (Fsp3) is 0.556. The summed E-state index contributed by atoms with van der Waals surface area (Å²) in [6, 6.07) is 0.110. The molecule has 7 nitrogen and oxygen atoms in total. The molecule has 0 aliphatic heterocycles. The fourth-order valence-electron chi connectivity index (χ4n) is 1.09. The summed E-state index contributed by atoms with van der Waals surface area (Å²) in [5, 5.41) is 14.8. The van der Waals surface area contributed by atoms with E-state index in [0.717, 1.165) is 0 Å². The molecule has 16 heavy (non-hydrogen) atoms. The van der Waals surface area contributed by atoms with E-state index in [2.05, 4.69) is 26.0 Å². The first-order valence-corrected chi connectivity index (χ1v) is 5.03. The number of rotatable bonds is 5. The molecule has 0 atom stereocenters. The largest absolute Gasteiger partial charge is 0.354 e. The van der Waals surface area contributed by atoms with Gasteiger partial charge in [-0.3, -0.25) is 9.59 Å². The molecule has 0 saturated carbocycles. The maximum atomic E-state index is 11.3. The zero-order chi connectivity index (χ0) is 12.0. The van der Waals surface area contributed by atoms with Crippen LogP contribution in [0.4, 0.5) is 0 Å². The topological polar surface area (TPSA) is 99.8 Å². The summed E-state index contributed by atoms with van der Waals surface area (Å²) < 4.78 is 0. The zero-order valence-corrected chi connectivity index (χ0v) is 9.28. The third-order valence-electron chi connectivity index (χ3n) is 1.73. The first-order valence-electron chi connectivity index (χ1n) is 5.03. The van der Waals surface area contributed by atoms with Gasteiger partial charge in [0, 0.05) is 19.0 Å². The Morgan fingerprint density at radius 3 is 2.81 bits per heavy atom. The van der Waals surface area contributed by atoms with Gasteiger partial charge in [0.1, 0.15) is 0 Å². The summed E-state index contributed by atoms with van der Waals surface area (Å²) >= 11 is 0. The van der Waals surface area contributed by atoms with Gasteiger partial charge < -0.3 is 10.6 Å². The summed E-state index contributed by atoms with van der Waals surface area (Å²) in [4.78, 5) is 22.6. The predicted molar refractivity (Wildman–Crippen MR) is 56.6 cm³/mol. The van der Waals surface area contributed by atoms with Gasteiger partial charge in [-0.25, -0.2) is 0 Å². The standard InChI is InChI=1S/C9H15N5O2/c1-6(2)12-8(15)3-4-10-9(16)7-5-11-14-13-7/h5-6H,3-4H2,1-2H3,(H,10,16)(H,12,15)(H,11,13,14). The fourth-order valence-corrected chi connectivity index (χ4v) is 1.09. The minimum atomic E-state index is -0.342. The van der Waals surface area contributed by atoms with Crippen molar-refractivity contribution in [2.24, 2.45) is 0 Å². The van der Waals surface area contributed by atoms with Gasteiger partial charge in [0.05, 0.1) is 6.20 Å². The molecule has 0 aromatic carbocycles. The molecule has 0 radical (unpaired) electrons. The summed E-state index contributed by atoms with van der Waals surface area (Å²) in [6.45, 7) is 4.04. The van der Waals surface area contributed by atoms with Gasteiger partial charge in [-0.1, -0.05) is 0 Å². The number of carbonyl (C=O) groups excluding carboxylic acids is 2. The average Bonchev–Trinajstić information content (AvgIpc) is 2.68. The van der Waals surface area contributed by atoms with Crippen molar-refractivity contribution in [2.75, 3.05) is 6.54 Å². The van der Waals surface area contributed by atoms with E-state index in [4.69, 9.17) is 0 Å². The molecule has 1 aromatic rings. The average molecular weight is 225 g/mol. The number of H-pyrrole nitrogens is 1. The van der Waals surface area contributed by atoms with Gasteiger partial charge >= 0.3 is 0 Å². The van der Waals surface area contributed by atoms with Crippen molar-refractivity contribution in [2.45, 2.75) is 26.3 Å². The van der Waals surface area contributed by atoms with Gasteiger partial charge in [-0.05, 0) is 13.8 Å². The third kappa shape index (κ3) is 4.07. The third-order valence-corrected chi connectivity index (χ3v) is 1.73. The number of hydrogen-bond acceptors (Lipinski definition) is 4. The summed E-state index contributed by atoms with van der Waals surface area (Å²) in [5.41, 5.74) is 0.212. The molecule has 88 valence electrons. The van der Waals surface area contributed by atoms with E-state index in [1.807, 2.05) is 13.8 Å². The Labute approximate surface area is 93.0 Å². The van der Waals surface area contributed by atoms with Crippen LogP contribution in [0.5, 0.6) is 0 Å². The lowest BCUT2D eigenvalue weighted by molar-refractivity contribution is -0.121. The van der Waals surface area contributed by atoms with Crippen LogP contribution in [-0.4, -0.2) is 39.8 Å². The van der Waals surface area contributed by atoms with Crippen molar-refractivity contribution in [1.82, 2.24) is 26.0 Å². The maximum Gasteiger partial charge on any atom is 0.273 e. The molecule has 1 aromatic heterocycles. The highest BCUT2D eigenvalue weighted by Crippen LogP contribution is 1.88. The number of nitrogens with zero attached hydrogens (tertiary/aromatic N) is 2. The van der Waals surface area contributed by atoms with E-state index in [9.17, 15) is 9.59 Å². The Balaban J connectivity index is 2.21. The highest BCUT2D eigenvalue weighted by atomic mass is 16.2. The Hall–Kier alpha value is -1.92. The van der Waals surface area contributed by atoms with Crippen LogP contribution >= 0.6 is 0 Å². The van der Waals surface area contributed by atoms with E-state index in [1.54, 1.807) is 0 Å². The Kier molecular flexibility index (Phi) is 4.43. The van der Waals surface area contributed by atoms with Crippen molar-refractivity contribution in [3.05, 3.63) is 11.9 Å². The summed E-state index contributed by atoms with van der Waals surface area (Å²) in [6.07, 6.45) is 1.57. The van der Waals surface area contributed by atoms with E-state index < -0.39 is 0 Å². The van der Waals surface area contributed by atoms with Crippen LogP contribution in [0, 0.1) is 0 Å². The van der Waals surface area contributed by atoms with Crippen LogP contribution < -0.4 is 10.6 Å². The molecule has 0 spiro atoms. The van der Waals surface area contributed by atoms with Gasteiger partial charge in [-0.15, -0.1) is 0 Å². The highest BCUT2D eigenvalue weighted by molar-refractivity contribution is 5.92. The lowest BCUT2D eigenvalue weighted by atomic mass is 10.3. The Morgan fingerprint density at radius 1 is 1.50 bits per heavy atom. The monoisotopic (exact) mass is 225 g/mol. The summed E-state index contributed by atoms with van der Waals surface area (Å²) in [5.74, 6) is -0.429. The highest BCUT2D eigenvalue weighted by Gasteiger charge is 2.08. The molecular weight excluding hydrogens is 210 g/mol. The van der Waals surface area contributed by atoms with Crippen LogP contribution in [0.3, 0.4) is 0 Å².